The smallest absolute Gasteiger partial charge is 0.185 e. The largest absolute Gasteiger partial charge is 0.493 e. The number of hydrogen-bond donors (Lipinski definition) is 0. The molecule has 1 aliphatic carbocycles. The highest BCUT2D eigenvalue weighted by atomic mass is 32.2. The number of hydrogen-bond acceptors (Lipinski definition) is 8. The molecule has 1 heterocycles. The van der Waals surface area contributed by atoms with E-state index < -0.39 is 17.0 Å². The molecule has 0 amide bonds. The first kappa shape index (κ1) is 33.8. The number of carbonyl (C=O) groups is 3. The number of unbranched alkanes of at least 4 members (excludes halogenated alkanes) is 1. The van der Waals surface area contributed by atoms with E-state index in [1.54, 1.807) is 49.5 Å². The molecule has 10 heteroatoms. The van der Waals surface area contributed by atoms with Crippen LogP contribution in [0.4, 0.5) is 8.78 Å². The normalized spacial score (nSPS) is 13.4. The number of methoxy groups -OCH3 is 1. The third kappa shape index (κ3) is 8.62. The fraction of sp³-hybridized carbons (Fsp3) is 0.297. The molecule has 1 saturated carbocycles. The average molecular weight is 660 g/mol. The Balaban J connectivity index is 1.22. The summed E-state index contributed by atoms with van der Waals surface area (Å²) in [7, 11) is 1.52. The van der Waals surface area contributed by atoms with Crippen molar-refractivity contribution in [1.29, 1.82) is 0 Å². The van der Waals surface area contributed by atoms with E-state index in [0.29, 0.717) is 58.7 Å². The Bertz CT molecular complexity index is 1800. The van der Waals surface area contributed by atoms with Gasteiger partial charge in [-0.15, -0.1) is 0 Å². The van der Waals surface area contributed by atoms with Crippen LogP contribution in [0.1, 0.15) is 43.7 Å². The second kappa shape index (κ2) is 15.3. The maximum absolute atomic E-state index is 15.3. The van der Waals surface area contributed by atoms with Gasteiger partial charge in [-0.25, -0.2) is 8.78 Å². The fourth-order valence-electron chi connectivity index (χ4n) is 5.24. The molecule has 7 nitrogen and oxygen atoms in total. The number of aromatic nitrogens is 1. The highest BCUT2D eigenvalue weighted by Crippen LogP contribution is 2.49. The molecule has 0 unspecified atom stereocenters. The topological polar surface area (TPSA) is 91.8 Å². The van der Waals surface area contributed by atoms with Crippen molar-refractivity contribution in [2.75, 3.05) is 19.5 Å². The van der Waals surface area contributed by atoms with Crippen LogP contribution < -0.4 is 14.2 Å². The third-order valence-electron chi connectivity index (χ3n) is 7.99. The number of rotatable bonds is 16. The summed E-state index contributed by atoms with van der Waals surface area (Å²) in [5, 5.41) is 0.706. The molecule has 3 aromatic carbocycles. The molecule has 1 fully saturated rings. The monoisotopic (exact) mass is 659 g/mol. The molecule has 0 N–H and O–H groups in total. The lowest BCUT2D eigenvalue weighted by molar-refractivity contribution is -0.133. The fourth-order valence-corrected chi connectivity index (χ4v) is 5.83. The standard InChI is InChI=1S/C37H35F2NO6S/c1-24(41)47-18-6-4-3-5-17-45-34-23-30-28(22-33(34)44-2)31(13-16-40-30)46-32-12-9-26(19-29(32)39)21-36(43)37(14-15-37)35(42)20-25-7-10-27(38)11-8-25/h3,5,7-13,16,19,22-23H,4,6,14-15,17-18,20-21H2,1-2H3/b5-3+. The van der Waals surface area contributed by atoms with E-state index in [2.05, 4.69) is 4.98 Å². The molecule has 4 aromatic rings. The van der Waals surface area contributed by atoms with Gasteiger partial charge in [0, 0.05) is 43.2 Å². The summed E-state index contributed by atoms with van der Waals surface area (Å²) < 4.78 is 45.9. The van der Waals surface area contributed by atoms with Crippen molar-refractivity contribution in [3.8, 4) is 23.0 Å². The van der Waals surface area contributed by atoms with Crippen molar-refractivity contribution in [2.45, 2.75) is 45.4 Å². The van der Waals surface area contributed by atoms with Crippen molar-refractivity contribution >= 4 is 39.3 Å². The SMILES string of the molecule is COc1cc2c(Oc3ccc(CC(=O)C4(C(=O)Cc5ccc(F)cc5)CC4)cc3F)ccnc2cc1OC/C=C/CCCSC(C)=O. The summed E-state index contributed by atoms with van der Waals surface area (Å²) >= 11 is 1.32. The van der Waals surface area contributed by atoms with E-state index in [0.717, 1.165) is 18.6 Å². The number of nitrogens with zero attached hydrogens (tertiary/aromatic N) is 1. The summed E-state index contributed by atoms with van der Waals surface area (Å²) in [6, 6.07) is 15.1. The minimum Gasteiger partial charge on any atom is -0.493 e. The van der Waals surface area contributed by atoms with Crippen LogP contribution in [0.25, 0.3) is 10.9 Å². The number of benzene rings is 3. The van der Waals surface area contributed by atoms with E-state index in [9.17, 15) is 18.8 Å². The summed E-state index contributed by atoms with van der Waals surface area (Å²) in [6.45, 7) is 1.88. The minimum atomic E-state index is -1.07. The molecule has 1 aromatic heterocycles. The van der Waals surface area contributed by atoms with Crippen molar-refractivity contribution in [2.24, 2.45) is 5.41 Å². The van der Waals surface area contributed by atoms with Crippen molar-refractivity contribution in [1.82, 2.24) is 4.98 Å². The molecular formula is C37H35F2NO6S. The first-order valence-electron chi connectivity index (χ1n) is 15.3. The lowest BCUT2D eigenvalue weighted by atomic mass is 9.88. The van der Waals surface area contributed by atoms with Crippen LogP contribution in [0.2, 0.25) is 0 Å². The summed E-state index contributed by atoms with van der Waals surface area (Å²) in [5.41, 5.74) is 0.581. The zero-order valence-corrected chi connectivity index (χ0v) is 27.0. The molecule has 0 radical (unpaired) electrons. The van der Waals surface area contributed by atoms with E-state index in [4.69, 9.17) is 14.2 Å². The van der Waals surface area contributed by atoms with Crippen LogP contribution in [0.3, 0.4) is 0 Å². The van der Waals surface area contributed by atoms with Gasteiger partial charge in [-0.3, -0.25) is 19.4 Å². The summed E-state index contributed by atoms with van der Waals surface area (Å²) in [6.07, 6.45) is 8.09. The van der Waals surface area contributed by atoms with Gasteiger partial charge in [0.05, 0.1) is 18.0 Å². The Morgan fingerprint density at radius 2 is 1.60 bits per heavy atom. The van der Waals surface area contributed by atoms with Crippen LogP contribution in [-0.4, -0.2) is 41.1 Å². The summed E-state index contributed by atoms with van der Waals surface area (Å²) in [5.74, 6) is 0.567. The maximum atomic E-state index is 15.3. The van der Waals surface area contributed by atoms with E-state index in [-0.39, 0.29) is 35.3 Å². The second-order valence-electron chi connectivity index (χ2n) is 11.4. The molecule has 0 spiro atoms. The summed E-state index contributed by atoms with van der Waals surface area (Å²) in [4.78, 5) is 41.6. The molecule has 47 heavy (non-hydrogen) atoms. The van der Waals surface area contributed by atoms with Gasteiger partial charge in [0.15, 0.2) is 39.7 Å². The lowest BCUT2D eigenvalue weighted by Gasteiger charge is -2.15. The molecule has 244 valence electrons. The first-order chi connectivity index (χ1) is 22.7. The van der Waals surface area contributed by atoms with E-state index in [1.165, 1.54) is 43.1 Å². The predicted molar refractivity (Wildman–Crippen MR) is 177 cm³/mol. The highest BCUT2D eigenvalue weighted by molar-refractivity contribution is 8.13. The molecule has 0 atom stereocenters. The van der Waals surface area contributed by atoms with Gasteiger partial charge in [-0.05, 0) is 73.2 Å². The molecule has 0 bridgehead atoms. The van der Waals surface area contributed by atoms with Crippen LogP contribution in [0, 0.1) is 17.0 Å². The maximum Gasteiger partial charge on any atom is 0.185 e. The first-order valence-corrected chi connectivity index (χ1v) is 16.3. The Kier molecular flexibility index (Phi) is 11.0. The number of thioether (sulfide) groups is 1. The van der Waals surface area contributed by atoms with Crippen LogP contribution in [0.5, 0.6) is 23.0 Å². The Labute approximate surface area is 276 Å². The van der Waals surface area contributed by atoms with Crippen molar-refractivity contribution < 1.29 is 37.4 Å². The predicted octanol–water partition coefficient (Wildman–Crippen LogP) is 8.01. The highest BCUT2D eigenvalue weighted by Gasteiger charge is 2.54. The average Bonchev–Trinajstić information content (AvgIpc) is 3.87. The number of halogens is 2. The molecular weight excluding hydrogens is 624 g/mol. The van der Waals surface area contributed by atoms with Crippen molar-refractivity contribution in [3.05, 3.63) is 102 Å². The van der Waals surface area contributed by atoms with Gasteiger partial charge in [0.1, 0.15) is 18.2 Å². The Morgan fingerprint density at radius 3 is 2.28 bits per heavy atom. The molecule has 1 aliphatic rings. The van der Waals surface area contributed by atoms with Gasteiger partial charge >= 0.3 is 0 Å². The van der Waals surface area contributed by atoms with Crippen LogP contribution >= 0.6 is 11.8 Å². The number of ketones is 2. The van der Waals surface area contributed by atoms with Gasteiger partial charge < -0.3 is 14.2 Å². The van der Waals surface area contributed by atoms with Gasteiger partial charge in [-0.2, -0.15) is 0 Å². The molecule has 0 saturated heterocycles. The number of allylic oxidation sites excluding steroid dienone is 1. The zero-order chi connectivity index (χ0) is 33.4. The van der Waals surface area contributed by atoms with Crippen LogP contribution in [-0.2, 0) is 27.2 Å². The Hall–Kier alpha value is -4.57. The Morgan fingerprint density at radius 1 is 0.872 bits per heavy atom. The van der Waals surface area contributed by atoms with Crippen LogP contribution in [0.15, 0.2) is 79.0 Å². The van der Waals surface area contributed by atoms with Gasteiger partial charge in [-0.1, -0.05) is 42.1 Å². The number of ether oxygens (including phenoxy) is 3. The van der Waals surface area contributed by atoms with E-state index >= 15 is 4.39 Å². The second-order valence-corrected chi connectivity index (χ2v) is 12.6. The molecule has 0 aliphatic heterocycles. The number of pyridine rings is 1. The number of carbonyl (C=O) groups excluding carboxylic acids is 3. The van der Waals surface area contributed by atoms with Gasteiger partial charge in [0.2, 0.25) is 0 Å². The number of Topliss-reactive ketones (excluding diaryl/α,β-unsaturated/α-hetero) is 2. The molecule has 5 rings (SSSR count). The van der Waals surface area contributed by atoms with Gasteiger partial charge in [0.25, 0.3) is 0 Å². The number of fused-ring (bicyclic) bond motifs is 1. The van der Waals surface area contributed by atoms with Crippen molar-refractivity contribution in [3.63, 3.8) is 0 Å². The third-order valence-corrected chi connectivity index (χ3v) is 8.88. The minimum absolute atomic E-state index is 0.0339. The lowest BCUT2D eigenvalue weighted by Crippen LogP contribution is -2.28. The van der Waals surface area contributed by atoms with E-state index in [1.807, 2.05) is 12.2 Å². The quantitative estimate of drug-likeness (QED) is 0.0679. The zero-order valence-electron chi connectivity index (χ0n) is 26.2.